The Labute approximate surface area is 291 Å². The number of anilines is 3. The summed E-state index contributed by atoms with van der Waals surface area (Å²) in [7, 11) is 0. The van der Waals surface area contributed by atoms with Gasteiger partial charge < -0.3 is 14.0 Å². The van der Waals surface area contributed by atoms with Crippen LogP contribution in [-0.4, -0.2) is 9.13 Å². The summed E-state index contributed by atoms with van der Waals surface area (Å²) in [6.07, 6.45) is 0. The Morgan fingerprint density at radius 1 is 0.420 bits per heavy atom. The smallest absolute Gasteiger partial charge is 0.125 e. The van der Waals surface area contributed by atoms with Crippen LogP contribution in [0.5, 0.6) is 0 Å². The van der Waals surface area contributed by atoms with E-state index in [0.717, 1.165) is 61.3 Å². The van der Waals surface area contributed by atoms with Crippen LogP contribution in [0.1, 0.15) is 26.3 Å². The van der Waals surface area contributed by atoms with Gasteiger partial charge in [-0.1, -0.05) is 87.5 Å². The van der Waals surface area contributed by atoms with Gasteiger partial charge in [0.05, 0.1) is 22.1 Å². The third-order valence-corrected chi connectivity index (χ3v) is 9.88. The lowest BCUT2D eigenvalue weighted by Crippen LogP contribution is -2.10. The number of hydrogen-bond acceptors (Lipinski definition) is 1. The van der Waals surface area contributed by atoms with Gasteiger partial charge in [0, 0.05) is 50.0 Å². The quantitative estimate of drug-likeness (QED) is 0.181. The first-order chi connectivity index (χ1) is 24.3. The first-order valence-electron chi connectivity index (χ1n) is 17.1. The monoisotopic (exact) mass is 649 g/mol. The molecule has 0 N–H and O–H groups in total. The molecule has 0 saturated heterocycles. The minimum atomic E-state index is -0.272. The lowest BCUT2D eigenvalue weighted by molar-refractivity contribution is 0.591. The molecule has 0 spiro atoms. The van der Waals surface area contributed by atoms with Crippen LogP contribution in [0.25, 0.3) is 55.0 Å². The Morgan fingerprint density at radius 2 is 0.900 bits per heavy atom. The Kier molecular flexibility index (Phi) is 6.89. The average molecular weight is 650 g/mol. The summed E-state index contributed by atoms with van der Waals surface area (Å²) in [5.74, 6) is -0.272. The van der Waals surface area contributed by atoms with Crippen molar-refractivity contribution in [3.8, 4) is 11.4 Å². The maximum atomic E-state index is 15.0. The molecular formula is C46H36FN3. The van der Waals surface area contributed by atoms with Crippen LogP contribution < -0.4 is 4.90 Å². The molecule has 0 radical (unpaired) electrons. The van der Waals surface area contributed by atoms with Gasteiger partial charge in [-0.3, -0.25) is 0 Å². The summed E-state index contributed by atoms with van der Waals surface area (Å²) in [5, 5.41) is 4.65. The average Bonchev–Trinajstić information content (AvgIpc) is 3.64. The van der Waals surface area contributed by atoms with Crippen LogP contribution in [0.15, 0.2) is 164 Å². The van der Waals surface area contributed by atoms with Crippen LogP contribution in [0.2, 0.25) is 0 Å². The van der Waals surface area contributed by atoms with Crippen molar-refractivity contribution in [2.45, 2.75) is 26.2 Å². The van der Waals surface area contributed by atoms with Gasteiger partial charge in [0.15, 0.2) is 0 Å². The zero-order chi connectivity index (χ0) is 34.0. The number of aromatic nitrogens is 2. The van der Waals surface area contributed by atoms with E-state index in [1.165, 1.54) is 22.4 Å². The van der Waals surface area contributed by atoms with E-state index in [2.05, 4.69) is 168 Å². The van der Waals surface area contributed by atoms with Gasteiger partial charge in [0.1, 0.15) is 5.82 Å². The van der Waals surface area contributed by atoms with Gasteiger partial charge in [0.2, 0.25) is 0 Å². The molecule has 9 aromatic rings. The molecule has 0 saturated carbocycles. The molecular weight excluding hydrogens is 614 g/mol. The van der Waals surface area contributed by atoms with Gasteiger partial charge >= 0.3 is 0 Å². The number of para-hydroxylation sites is 3. The van der Waals surface area contributed by atoms with E-state index in [4.69, 9.17) is 0 Å². The minimum Gasteiger partial charge on any atom is -0.310 e. The number of nitrogens with zero attached hydrogens (tertiary/aromatic N) is 3. The molecule has 4 heteroatoms. The highest BCUT2D eigenvalue weighted by molar-refractivity contribution is 6.12. The second-order valence-electron chi connectivity index (χ2n) is 14.1. The third kappa shape index (κ3) is 4.87. The molecule has 2 aromatic heterocycles. The standard InChI is InChI=1S/C46H36FN3/c1-46(2,3)31-21-24-43-39(27-31)41-30-37(23-26-45(41)50(43)34-16-8-5-9-17-34)48(35-18-12-13-32(47)28-35)36-22-25-44-40(29-36)38-19-10-11-20-42(38)49(44)33-14-6-4-7-15-33/h4-30H,1-3H3. The normalized spacial score (nSPS) is 12.0. The van der Waals surface area contributed by atoms with Crippen LogP contribution >= 0.6 is 0 Å². The first-order valence-corrected chi connectivity index (χ1v) is 17.1. The topological polar surface area (TPSA) is 13.1 Å². The van der Waals surface area contributed by atoms with E-state index in [1.807, 2.05) is 12.1 Å². The molecule has 242 valence electrons. The van der Waals surface area contributed by atoms with Crippen molar-refractivity contribution in [3.05, 3.63) is 175 Å². The predicted octanol–water partition coefficient (Wildman–Crippen LogP) is 12.8. The summed E-state index contributed by atoms with van der Waals surface area (Å²) >= 11 is 0. The van der Waals surface area contributed by atoms with Crippen molar-refractivity contribution in [1.82, 2.24) is 9.13 Å². The fraction of sp³-hybridized carbons (Fsp3) is 0.0870. The molecule has 0 amide bonds. The number of hydrogen-bond donors (Lipinski definition) is 0. The molecule has 0 bridgehead atoms. The number of fused-ring (bicyclic) bond motifs is 6. The zero-order valence-electron chi connectivity index (χ0n) is 28.3. The van der Waals surface area contributed by atoms with Crippen molar-refractivity contribution >= 4 is 60.7 Å². The number of benzene rings is 7. The Morgan fingerprint density at radius 3 is 1.48 bits per heavy atom. The summed E-state index contributed by atoms with van der Waals surface area (Å²) in [5.41, 5.74) is 10.7. The van der Waals surface area contributed by atoms with Crippen molar-refractivity contribution < 1.29 is 4.39 Å². The summed E-state index contributed by atoms with van der Waals surface area (Å²) < 4.78 is 19.6. The maximum Gasteiger partial charge on any atom is 0.125 e. The molecule has 0 unspecified atom stereocenters. The number of halogens is 1. The molecule has 2 heterocycles. The van der Waals surface area contributed by atoms with E-state index >= 15 is 0 Å². The molecule has 9 rings (SSSR count). The lowest BCUT2D eigenvalue weighted by Gasteiger charge is -2.26. The van der Waals surface area contributed by atoms with Crippen molar-refractivity contribution in [3.63, 3.8) is 0 Å². The SMILES string of the molecule is CC(C)(C)c1ccc2c(c1)c1cc(N(c3cccc(F)c3)c3ccc4c(c3)c3ccccc3n4-c3ccccc3)ccc1n2-c1ccccc1. The maximum absolute atomic E-state index is 15.0. The lowest BCUT2D eigenvalue weighted by atomic mass is 9.86. The number of rotatable bonds is 5. The van der Waals surface area contributed by atoms with Gasteiger partial charge in [-0.15, -0.1) is 0 Å². The summed E-state index contributed by atoms with van der Waals surface area (Å²) in [4.78, 5) is 2.18. The molecule has 0 aliphatic carbocycles. The zero-order valence-corrected chi connectivity index (χ0v) is 28.3. The van der Waals surface area contributed by atoms with Crippen LogP contribution in [0, 0.1) is 5.82 Å². The Hall–Kier alpha value is -6.13. The second kappa shape index (κ2) is 11.5. The van der Waals surface area contributed by atoms with E-state index < -0.39 is 0 Å². The van der Waals surface area contributed by atoms with Crippen molar-refractivity contribution in [1.29, 1.82) is 0 Å². The summed E-state index contributed by atoms with van der Waals surface area (Å²) in [6.45, 7) is 6.77. The molecule has 7 aromatic carbocycles. The highest BCUT2D eigenvalue weighted by Crippen LogP contribution is 2.43. The molecule has 3 nitrogen and oxygen atoms in total. The van der Waals surface area contributed by atoms with E-state index in [1.54, 1.807) is 12.1 Å². The Bertz CT molecular complexity index is 2700. The largest absolute Gasteiger partial charge is 0.310 e. The second-order valence-corrected chi connectivity index (χ2v) is 14.1. The fourth-order valence-electron chi connectivity index (χ4n) is 7.49. The van der Waals surface area contributed by atoms with Gasteiger partial charge in [-0.05, 0) is 108 Å². The third-order valence-electron chi connectivity index (χ3n) is 9.88. The molecule has 0 aliphatic heterocycles. The molecule has 0 atom stereocenters. The first kappa shape index (κ1) is 30.0. The summed E-state index contributed by atoms with van der Waals surface area (Å²) in [6, 6.07) is 56.5. The Balaban J connectivity index is 1.31. The van der Waals surface area contributed by atoms with Crippen molar-refractivity contribution in [2.75, 3.05) is 4.90 Å². The van der Waals surface area contributed by atoms with Gasteiger partial charge in [0.25, 0.3) is 0 Å². The molecule has 50 heavy (non-hydrogen) atoms. The van der Waals surface area contributed by atoms with Gasteiger partial charge in [-0.2, -0.15) is 0 Å². The van der Waals surface area contributed by atoms with E-state index in [-0.39, 0.29) is 11.2 Å². The highest BCUT2D eigenvalue weighted by Gasteiger charge is 2.21. The molecule has 0 fully saturated rings. The van der Waals surface area contributed by atoms with Crippen LogP contribution in [0.4, 0.5) is 21.5 Å². The highest BCUT2D eigenvalue weighted by atomic mass is 19.1. The van der Waals surface area contributed by atoms with Gasteiger partial charge in [-0.25, -0.2) is 4.39 Å². The fourth-order valence-corrected chi connectivity index (χ4v) is 7.49. The van der Waals surface area contributed by atoms with E-state index in [9.17, 15) is 4.39 Å². The van der Waals surface area contributed by atoms with Crippen LogP contribution in [-0.2, 0) is 5.41 Å². The predicted molar refractivity (Wildman–Crippen MR) is 208 cm³/mol. The van der Waals surface area contributed by atoms with E-state index in [0.29, 0.717) is 0 Å². The van der Waals surface area contributed by atoms with Crippen molar-refractivity contribution in [2.24, 2.45) is 0 Å². The molecule has 0 aliphatic rings. The minimum absolute atomic E-state index is 0.00505. The van der Waals surface area contributed by atoms with Crippen LogP contribution in [0.3, 0.4) is 0 Å².